The van der Waals surface area contributed by atoms with Crippen LogP contribution in [0.15, 0.2) is 5.16 Å². The van der Waals surface area contributed by atoms with Crippen LogP contribution in [0.1, 0.15) is 51.8 Å². The Bertz CT molecular complexity index is 529. The van der Waals surface area contributed by atoms with Crippen molar-refractivity contribution in [3.05, 3.63) is 5.82 Å². The summed E-state index contributed by atoms with van der Waals surface area (Å²) in [5.74, 6) is 0.786. The van der Waals surface area contributed by atoms with E-state index in [0.29, 0.717) is 6.54 Å². The predicted molar refractivity (Wildman–Crippen MR) is 67.5 cm³/mol. The highest BCUT2D eigenvalue weighted by Gasteiger charge is 2.39. The summed E-state index contributed by atoms with van der Waals surface area (Å²) in [4.78, 5) is 0. The van der Waals surface area contributed by atoms with Crippen molar-refractivity contribution in [1.29, 1.82) is 0 Å². The first-order valence-corrected chi connectivity index (χ1v) is 7.96. The molecule has 1 aromatic rings. The molecule has 2 N–H and O–H groups in total. The molecule has 1 saturated carbocycles. The molecular weight excluding hydrogens is 252 g/mol. The van der Waals surface area contributed by atoms with Gasteiger partial charge in [-0.05, 0) is 26.2 Å². The Hall–Kier alpha value is -0.950. The Morgan fingerprint density at radius 2 is 1.89 bits per heavy atom. The van der Waals surface area contributed by atoms with Crippen LogP contribution in [0, 0.1) is 0 Å². The molecule has 0 atom stereocenters. The molecule has 0 spiro atoms. The molecule has 1 heterocycles. The largest absolute Gasteiger partial charge is 0.301 e. The summed E-state index contributed by atoms with van der Waals surface area (Å²) < 4.78 is 24.6. The monoisotopic (exact) mass is 272 g/mol. The maximum absolute atomic E-state index is 11.5. The average Bonchev–Trinajstić information content (AvgIpc) is 2.94. The number of hydrogen-bond donors (Lipinski definition) is 1. The van der Waals surface area contributed by atoms with Crippen molar-refractivity contribution < 1.29 is 8.42 Å². The Balaban J connectivity index is 2.55. The van der Waals surface area contributed by atoms with Gasteiger partial charge in [-0.1, -0.05) is 19.8 Å². The van der Waals surface area contributed by atoms with E-state index in [1.807, 2.05) is 6.92 Å². The van der Waals surface area contributed by atoms with Gasteiger partial charge in [0.05, 0.1) is 0 Å². The first kappa shape index (κ1) is 13.5. The van der Waals surface area contributed by atoms with Gasteiger partial charge < -0.3 is 4.57 Å². The van der Waals surface area contributed by atoms with Crippen molar-refractivity contribution in [2.45, 2.75) is 63.1 Å². The minimum absolute atomic E-state index is 0.0219. The SMILES string of the molecule is CCn1c(C2(CC)CCCC2)nnc1S(N)(=O)=O. The lowest BCUT2D eigenvalue weighted by Gasteiger charge is -2.26. The zero-order valence-corrected chi connectivity index (χ0v) is 11.7. The number of nitrogens with zero attached hydrogens (tertiary/aromatic N) is 3. The molecule has 0 saturated heterocycles. The molecule has 18 heavy (non-hydrogen) atoms. The number of hydrogen-bond acceptors (Lipinski definition) is 4. The summed E-state index contributed by atoms with van der Waals surface area (Å²) in [5.41, 5.74) is -0.0219. The van der Waals surface area contributed by atoms with E-state index in [1.165, 1.54) is 0 Å². The number of rotatable bonds is 4. The quantitative estimate of drug-likeness (QED) is 0.890. The molecule has 1 fully saturated rings. The van der Waals surface area contributed by atoms with E-state index in [-0.39, 0.29) is 10.6 Å². The molecule has 0 radical (unpaired) electrons. The smallest absolute Gasteiger partial charge is 0.273 e. The van der Waals surface area contributed by atoms with E-state index in [9.17, 15) is 8.42 Å². The third-order valence-corrected chi connectivity index (χ3v) is 4.81. The van der Waals surface area contributed by atoms with Crippen LogP contribution >= 0.6 is 0 Å². The minimum Gasteiger partial charge on any atom is -0.301 e. The molecule has 0 aliphatic heterocycles. The Morgan fingerprint density at radius 1 is 1.28 bits per heavy atom. The lowest BCUT2D eigenvalue weighted by atomic mass is 9.82. The number of primary sulfonamides is 1. The van der Waals surface area contributed by atoms with Gasteiger partial charge in [0.15, 0.2) is 0 Å². The second kappa shape index (κ2) is 4.62. The van der Waals surface area contributed by atoms with E-state index < -0.39 is 10.0 Å². The van der Waals surface area contributed by atoms with Gasteiger partial charge in [-0.25, -0.2) is 13.6 Å². The highest BCUT2D eigenvalue weighted by Crippen LogP contribution is 2.43. The van der Waals surface area contributed by atoms with Crippen molar-refractivity contribution in [2.75, 3.05) is 0 Å². The van der Waals surface area contributed by atoms with Crippen LogP contribution in [0.2, 0.25) is 0 Å². The van der Waals surface area contributed by atoms with Crippen LogP contribution in [-0.2, 0) is 22.0 Å². The van der Waals surface area contributed by atoms with Crippen LogP contribution < -0.4 is 5.14 Å². The van der Waals surface area contributed by atoms with Gasteiger partial charge in [0.2, 0.25) is 0 Å². The zero-order chi connectivity index (χ0) is 13.4. The number of aromatic nitrogens is 3. The second-order valence-electron chi connectivity index (χ2n) is 4.94. The van der Waals surface area contributed by atoms with Gasteiger partial charge in [0.25, 0.3) is 15.2 Å². The summed E-state index contributed by atoms with van der Waals surface area (Å²) in [5, 5.41) is 13.0. The van der Waals surface area contributed by atoms with Gasteiger partial charge in [-0.15, -0.1) is 10.2 Å². The fraction of sp³-hybridized carbons (Fsp3) is 0.818. The highest BCUT2D eigenvalue weighted by atomic mass is 32.2. The molecule has 0 amide bonds. The lowest BCUT2D eigenvalue weighted by Crippen LogP contribution is -2.27. The fourth-order valence-electron chi connectivity index (χ4n) is 2.96. The van der Waals surface area contributed by atoms with E-state index in [4.69, 9.17) is 5.14 Å². The summed E-state index contributed by atoms with van der Waals surface area (Å²) in [7, 11) is -3.80. The molecule has 1 aliphatic carbocycles. The van der Waals surface area contributed by atoms with Crippen LogP contribution in [0.25, 0.3) is 0 Å². The Labute approximate surface area is 108 Å². The molecule has 0 aromatic carbocycles. The normalized spacial score (nSPS) is 19.3. The van der Waals surface area contributed by atoms with Crippen LogP contribution in [0.4, 0.5) is 0 Å². The Morgan fingerprint density at radius 3 is 2.33 bits per heavy atom. The zero-order valence-electron chi connectivity index (χ0n) is 10.9. The lowest BCUT2D eigenvalue weighted by molar-refractivity contribution is 0.375. The van der Waals surface area contributed by atoms with Gasteiger partial charge >= 0.3 is 0 Å². The highest BCUT2D eigenvalue weighted by molar-refractivity contribution is 7.89. The van der Waals surface area contributed by atoms with Crippen molar-refractivity contribution in [3.8, 4) is 0 Å². The molecule has 7 heteroatoms. The van der Waals surface area contributed by atoms with Gasteiger partial charge in [-0.2, -0.15) is 0 Å². The molecule has 0 unspecified atom stereocenters. The standard InChI is InChI=1S/C11H20N4O2S/c1-3-11(7-5-6-8-11)9-13-14-10(15(9)4-2)18(12,16)17/h3-8H2,1-2H3,(H2,12,16,17). The molecule has 1 aliphatic rings. The van der Waals surface area contributed by atoms with Gasteiger partial charge in [0.1, 0.15) is 5.82 Å². The maximum atomic E-state index is 11.5. The minimum atomic E-state index is -3.80. The second-order valence-corrected chi connectivity index (χ2v) is 6.39. The van der Waals surface area contributed by atoms with Crippen LogP contribution in [0.3, 0.4) is 0 Å². The molecular formula is C11H20N4O2S. The fourth-order valence-corrected chi connectivity index (χ4v) is 3.64. The van der Waals surface area contributed by atoms with E-state index in [1.54, 1.807) is 4.57 Å². The molecule has 0 bridgehead atoms. The van der Waals surface area contributed by atoms with Gasteiger partial charge in [0, 0.05) is 12.0 Å². The maximum Gasteiger partial charge on any atom is 0.273 e. The third-order valence-electron chi connectivity index (χ3n) is 4.00. The predicted octanol–water partition coefficient (Wildman–Crippen LogP) is 1.17. The van der Waals surface area contributed by atoms with E-state index >= 15 is 0 Å². The number of sulfonamides is 1. The summed E-state index contributed by atoms with van der Waals surface area (Å²) in [6, 6.07) is 0. The van der Waals surface area contributed by atoms with Crippen molar-refractivity contribution in [3.63, 3.8) is 0 Å². The topological polar surface area (TPSA) is 90.9 Å². The first-order chi connectivity index (χ1) is 8.44. The molecule has 102 valence electrons. The molecule has 6 nitrogen and oxygen atoms in total. The number of nitrogens with two attached hydrogens (primary N) is 1. The summed E-state index contributed by atoms with van der Waals surface area (Å²) >= 11 is 0. The van der Waals surface area contributed by atoms with E-state index in [0.717, 1.165) is 37.9 Å². The van der Waals surface area contributed by atoms with Crippen LogP contribution in [0.5, 0.6) is 0 Å². The van der Waals surface area contributed by atoms with Crippen molar-refractivity contribution in [2.24, 2.45) is 5.14 Å². The third kappa shape index (κ3) is 2.05. The molecule has 1 aromatic heterocycles. The molecule has 2 rings (SSSR count). The van der Waals surface area contributed by atoms with Crippen LogP contribution in [-0.4, -0.2) is 23.2 Å². The van der Waals surface area contributed by atoms with Crippen molar-refractivity contribution >= 4 is 10.0 Å². The first-order valence-electron chi connectivity index (χ1n) is 6.41. The summed E-state index contributed by atoms with van der Waals surface area (Å²) in [6.07, 6.45) is 5.37. The van der Waals surface area contributed by atoms with E-state index in [2.05, 4.69) is 17.1 Å². The Kier molecular flexibility index (Phi) is 3.46. The summed E-state index contributed by atoms with van der Waals surface area (Å²) in [6.45, 7) is 4.53. The van der Waals surface area contributed by atoms with Crippen molar-refractivity contribution in [1.82, 2.24) is 14.8 Å². The van der Waals surface area contributed by atoms with Gasteiger partial charge in [-0.3, -0.25) is 0 Å². The average molecular weight is 272 g/mol.